The van der Waals surface area contributed by atoms with Gasteiger partial charge in [-0.25, -0.2) is 9.67 Å². The number of phenols is 1. The zero-order chi connectivity index (χ0) is 28.8. The van der Waals surface area contributed by atoms with Crippen molar-refractivity contribution in [3.05, 3.63) is 71.2 Å². The van der Waals surface area contributed by atoms with E-state index in [1.807, 2.05) is 18.2 Å². The van der Waals surface area contributed by atoms with Gasteiger partial charge in [-0.2, -0.15) is 13.9 Å². The van der Waals surface area contributed by atoms with Crippen molar-refractivity contribution < 1.29 is 28.2 Å². The minimum Gasteiger partial charge on any atom is -0.506 e. The number of benzene rings is 1. The van der Waals surface area contributed by atoms with Crippen LogP contribution < -0.4 is 10.5 Å². The van der Waals surface area contributed by atoms with Gasteiger partial charge in [0.25, 0.3) is 5.91 Å². The van der Waals surface area contributed by atoms with Crippen LogP contribution in [0.25, 0.3) is 5.69 Å². The molecular formula is C29H30F2N6O4. The van der Waals surface area contributed by atoms with E-state index in [1.165, 1.54) is 12.5 Å². The Morgan fingerprint density at radius 1 is 1.20 bits per heavy atom. The number of aromatic hydroxyl groups is 1. The SMILES string of the molecule is C=CC(=O)N1CCc2nn(-c3ccc(C4CCC4)cc3O)c3c2C(C1)N(C(=O)c1cnc(OC(F)F)cc1N)CC3. The summed E-state index contributed by atoms with van der Waals surface area (Å²) < 4.78 is 31.3. The molecule has 1 aromatic carbocycles. The van der Waals surface area contributed by atoms with Gasteiger partial charge in [-0.15, -0.1) is 0 Å². The summed E-state index contributed by atoms with van der Waals surface area (Å²) in [7, 11) is 0. The predicted molar refractivity (Wildman–Crippen MR) is 145 cm³/mol. The van der Waals surface area contributed by atoms with E-state index in [0.29, 0.717) is 31.0 Å². The van der Waals surface area contributed by atoms with E-state index in [0.717, 1.165) is 47.6 Å². The van der Waals surface area contributed by atoms with Gasteiger partial charge in [0, 0.05) is 50.3 Å². The summed E-state index contributed by atoms with van der Waals surface area (Å²) in [5.41, 5.74) is 10.2. The monoisotopic (exact) mass is 564 g/mol. The topological polar surface area (TPSA) is 127 Å². The second kappa shape index (κ2) is 10.5. The fourth-order valence-corrected chi connectivity index (χ4v) is 6.02. The lowest BCUT2D eigenvalue weighted by atomic mass is 9.80. The van der Waals surface area contributed by atoms with Gasteiger partial charge < -0.3 is 25.4 Å². The number of rotatable bonds is 6. The van der Waals surface area contributed by atoms with Crippen LogP contribution in [0.1, 0.15) is 64.1 Å². The van der Waals surface area contributed by atoms with Crippen molar-refractivity contribution in [3.8, 4) is 17.3 Å². The lowest BCUT2D eigenvalue weighted by Crippen LogP contribution is -2.46. The Hall–Kier alpha value is -4.48. The van der Waals surface area contributed by atoms with Gasteiger partial charge >= 0.3 is 6.61 Å². The number of halogens is 2. The van der Waals surface area contributed by atoms with Gasteiger partial charge in [0.2, 0.25) is 11.8 Å². The molecule has 1 atom stereocenters. The molecular weight excluding hydrogens is 534 g/mol. The fourth-order valence-electron chi connectivity index (χ4n) is 6.02. The van der Waals surface area contributed by atoms with Crippen LogP contribution in [0.3, 0.4) is 0 Å². The van der Waals surface area contributed by atoms with Gasteiger partial charge in [-0.1, -0.05) is 19.1 Å². The number of hydrogen-bond donors (Lipinski definition) is 2. The number of pyridine rings is 1. The number of alkyl halides is 2. The molecule has 1 aliphatic carbocycles. The molecule has 0 spiro atoms. The first-order chi connectivity index (χ1) is 19.7. The number of nitrogens with two attached hydrogens (primary N) is 1. The quantitative estimate of drug-likeness (QED) is 0.437. The van der Waals surface area contributed by atoms with Crippen molar-refractivity contribution in [2.75, 3.05) is 25.4 Å². The van der Waals surface area contributed by atoms with Crippen LogP contribution in [-0.4, -0.2) is 67.7 Å². The molecule has 41 heavy (non-hydrogen) atoms. The molecule has 12 heteroatoms. The maximum Gasteiger partial charge on any atom is 0.388 e. The van der Waals surface area contributed by atoms with E-state index in [-0.39, 0.29) is 41.9 Å². The molecule has 0 saturated heterocycles. The van der Waals surface area contributed by atoms with Crippen molar-refractivity contribution in [1.29, 1.82) is 0 Å². The van der Waals surface area contributed by atoms with E-state index in [2.05, 4.69) is 16.3 Å². The minimum absolute atomic E-state index is 0.0408. The molecule has 3 aliphatic rings. The zero-order valence-corrected chi connectivity index (χ0v) is 22.3. The Bertz CT molecular complexity index is 1540. The van der Waals surface area contributed by atoms with Crippen molar-refractivity contribution in [2.24, 2.45) is 0 Å². The number of anilines is 1. The number of nitrogen functional groups attached to an aromatic ring is 1. The molecule has 0 bridgehead atoms. The summed E-state index contributed by atoms with van der Waals surface area (Å²) >= 11 is 0. The van der Waals surface area contributed by atoms with Crippen LogP contribution in [0.5, 0.6) is 11.6 Å². The molecule has 1 unspecified atom stereocenters. The minimum atomic E-state index is -3.08. The predicted octanol–water partition coefficient (Wildman–Crippen LogP) is 3.73. The third kappa shape index (κ3) is 4.76. The molecule has 2 amide bonds. The Kier molecular flexibility index (Phi) is 6.84. The third-order valence-corrected chi connectivity index (χ3v) is 8.31. The average Bonchev–Trinajstić information content (AvgIpc) is 3.16. The van der Waals surface area contributed by atoms with E-state index < -0.39 is 18.6 Å². The van der Waals surface area contributed by atoms with Crippen LogP contribution >= 0.6 is 0 Å². The van der Waals surface area contributed by atoms with Crippen molar-refractivity contribution in [2.45, 2.75) is 50.7 Å². The number of aromatic nitrogens is 3. The van der Waals surface area contributed by atoms with Gasteiger partial charge in [0.05, 0.1) is 28.7 Å². The molecule has 2 aromatic heterocycles. The molecule has 2 aliphatic heterocycles. The van der Waals surface area contributed by atoms with Crippen molar-refractivity contribution in [1.82, 2.24) is 24.6 Å². The second-order valence-electron chi connectivity index (χ2n) is 10.6. The summed E-state index contributed by atoms with van der Waals surface area (Å²) in [6, 6.07) is 6.28. The highest BCUT2D eigenvalue weighted by molar-refractivity contribution is 5.99. The summed E-state index contributed by atoms with van der Waals surface area (Å²) in [5, 5.41) is 15.9. The maximum absolute atomic E-state index is 13.8. The lowest BCUT2D eigenvalue weighted by Gasteiger charge is -2.38. The Balaban J connectivity index is 1.38. The van der Waals surface area contributed by atoms with Crippen molar-refractivity contribution >= 4 is 17.5 Å². The number of hydrogen-bond acceptors (Lipinski definition) is 7. The first-order valence-corrected chi connectivity index (χ1v) is 13.6. The fraction of sp³-hybridized carbons (Fsp3) is 0.379. The second-order valence-corrected chi connectivity index (χ2v) is 10.6. The van der Waals surface area contributed by atoms with Crippen LogP contribution in [0, 0.1) is 0 Å². The first-order valence-electron chi connectivity index (χ1n) is 13.6. The average molecular weight is 565 g/mol. The third-order valence-electron chi connectivity index (χ3n) is 8.31. The molecule has 0 radical (unpaired) electrons. The Morgan fingerprint density at radius 3 is 2.66 bits per heavy atom. The number of carbonyl (C=O) groups is 2. The maximum atomic E-state index is 13.8. The first kappa shape index (κ1) is 26.7. The smallest absolute Gasteiger partial charge is 0.388 e. The highest BCUT2D eigenvalue weighted by atomic mass is 19.3. The van der Waals surface area contributed by atoms with Gasteiger partial charge in [0.1, 0.15) is 11.4 Å². The molecule has 1 fully saturated rings. The summed E-state index contributed by atoms with van der Waals surface area (Å²) in [5.74, 6) is -0.487. The standard InChI is InChI=1S/C29H30F2N6O4/c1-2-26(39)35-10-8-20-27-22(37(34-20)21-7-6-17(12-24(21)38)16-4-3-5-16)9-11-36(23(27)15-35)28(40)18-14-33-25(13-19(18)32)41-29(30)31/h2,6-7,12-14,16,23,29,38H,1,3-5,8-11,15H2,(H2,32,33). The summed E-state index contributed by atoms with van der Waals surface area (Å²) in [6.07, 6.45) is 6.69. The molecule has 10 nitrogen and oxygen atoms in total. The molecule has 214 valence electrons. The van der Waals surface area contributed by atoms with E-state index in [1.54, 1.807) is 14.5 Å². The summed E-state index contributed by atoms with van der Waals surface area (Å²) in [6.45, 7) is 1.39. The number of phenolic OH excluding ortho intramolecular Hbond substituents is 1. The van der Waals surface area contributed by atoms with Crippen LogP contribution in [0.4, 0.5) is 14.5 Å². The van der Waals surface area contributed by atoms with Gasteiger partial charge in [0.15, 0.2) is 0 Å². The normalized spacial score (nSPS) is 18.5. The number of ether oxygens (including phenoxy) is 1. The molecule has 3 N–H and O–H groups in total. The van der Waals surface area contributed by atoms with Crippen LogP contribution in [0.2, 0.25) is 0 Å². The molecule has 1 saturated carbocycles. The highest BCUT2D eigenvalue weighted by Gasteiger charge is 2.40. The molecule has 6 rings (SSSR count). The number of carbonyl (C=O) groups excluding carboxylic acids is 2. The van der Waals surface area contributed by atoms with Crippen molar-refractivity contribution in [3.63, 3.8) is 0 Å². The van der Waals surface area contributed by atoms with Crippen LogP contribution in [-0.2, 0) is 17.6 Å². The van der Waals surface area contributed by atoms with Gasteiger partial charge in [-0.05, 0) is 42.5 Å². The number of nitrogens with zero attached hydrogens (tertiary/aromatic N) is 5. The van der Waals surface area contributed by atoms with Gasteiger partial charge in [-0.3, -0.25) is 9.59 Å². The molecule has 4 heterocycles. The van der Waals surface area contributed by atoms with E-state index in [9.17, 15) is 23.5 Å². The van der Waals surface area contributed by atoms with E-state index in [4.69, 9.17) is 10.8 Å². The Labute approximate surface area is 235 Å². The van der Waals surface area contributed by atoms with E-state index >= 15 is 0 Å². The highest BCUT2D eigenvalue weighted by Crippen LogP contribution is 2.41. The lowest BCUT2D eigenvalue weighted by molar-refractivity contribution is -0.126. The zero-order valence-electron chi connectivity index (χ0n) is 22.3. The molecule has 3 aromatic rings. The summed E-state index contributed by atoms with van der Waals surface area (Å²) in [4.78, 5) is 33.6. The largest absolute Gasteiger partial charge is 0.506 e. The number of amides is 2. The Morgan fingerprint density at radius 2 is 2.00 bits per heavy atom. The van der Waals surface area contributed by atoms with Crippen LogP contribution in [0.15, 0.2) is 43.1 Å².